The lowest BCUT2D eigenvalue weighted by Gasteiger charge is -2.18. The van der Waals surface area contributed by atoms with Gasteiger partial charge in [0.05, 0.1) is 22.6 Å². The van der Waals surface area contributed by atoms with E-state index in [0.29, 0.717) is 10.8 Å². The molecule has 4 aromatic carbocycles. The molecule has 5 rings (SSSR count). The molecule has 0 saturated heterocycles. The molecule has 0 spiro atoms. The van der Waals surface area contributed by atoms with E-state index in [1.807, 2.05) is 84.9 Å². The lowest BCUT2D eigenvalue weighted by atomic mass is 10.0. The molecular formula is C30H22ClN3O4S. The van der Waals surface area contributed by atoms with Gasteiger partial charge < -0.3 is 10.1 Å². The average Bonchev–Trinajstić information content (AvgIpc) is 2.96. The number of hydrogen-bond donors (Lipinski definition) is 1. The Balaban J connectivity index is 1.56. The molecule has 1 heterocycles. The maximum Gasteiger partial charge on any atom is 0.289 e. The minimum Gasteiger partial charge on any atom is -0.497 e. The van der Waals surface area contributed by atoms with Crippen molar-refractivity contribution in [1.82, 2.24) is 4.98 Å². The first-order valence-corrected chi connectivity index (χ1v) is 13.2. The van der Waals surface area contributed by atoms with Gasteiger partial charge in [-0.05, 0) is 47.0 Å². The number of amides is 1. The minimum atomic E-state index is -0.694. The number of benzene rings is 4. The summed E-state index contributed by atoms with van der Waals surface area (Å²) in [6, 6.07) is 31.2. The van der Waals surface area contributed by atoms with E-state index in [-0.39, 0.29) is 22.3 Å². The van der Waals surface area contributed by atoms with Gasteiger partial charge in [-0.1, -0.05) is 84.0 Å². The standard InChI is InChI=1S/C30H22ClN3O4S/c1-38-22-13-14-23-24(19-8-4-2-5-9-19)18-28(33-26(23)17-22)39-29(20-10-6-3-7-11-20)30(35)32-21-12-15-25(31)27(16-21)34(36)37/h2-18,29H,1H3,(H,32,35)/t29-/m0/s1. The number of nitrogens with one attached hydrogen (secondary N) is 1. The molecule has 9 heteroatoms. The van der Waals surface area contributed by atoms with Crippen molar-refractivity contribution in [3.8, 4) is 16.9 Å². The highest BCUT2D eigenvalue weighted by molar-refractivity contribution is 8.00. The van der Waals surface area contributed by atoms with Crippen molar-refractivity contribution in [2.45, 2.75) is 10.3 Å². The zero-order chi connectivity index (χ0) is 27.4. The highest BCUT2D eigenvalue weighted by Gasteiger charge is 2.25. The Morgan fingerprint density at radius 2 is 1.69 bits per heavy atom. The Bertz CT molecular complexity index is 1670. The smallest absolute Gasteiger partial charge is 0.289 e. The molecule has 194 valence electrons. The van der Waals surface area contributed by atoms with E-state index in [1.54, 1.807) is 7.11 Å². The molecule has 39 heavy (non-hydrogen) atoms. The molecule has 0 radical (unpaired) electrons. The van der Waals surface area contributed by atoms with Crippen LogP contribution in [-0.4, -0.2) is 22.9 Å². The summed E-state index contributed by atoms with van der Waals surface area (Å²) in [4.78, 5) is 29.3. The number of carbonyl (C=O) groups excluding carboxylic acids is 1. The third-order valence-electron chi connectivity index (χ3n) is 6.07. The fourth-order valence-corrected chi connectivity index (χ4v) is 5.41. The first-order valence-electron chi connectivity index (χ1n) is 11.9. The summed E-state index contributed by atoms with van der Waals surface area (Å²) in [5.41, 5.74) is 3.49. The lowest BCUT2D eigenvalue weighted by molar-refractivity contribution is -0.384. The largest absolute Gasteiger partial charge is 0.497 e. The Morgan fingerprint density at radius 1 is 0.974 bits per heavy atom. The molecule has 0 aliphatic carbocycles. The topological polar surface area (TPSA) is 94.4 Å². The molecule has 1 aromatic heterocycles. The maximum absolute atomic E-state index is 13.6. The fraction of sp³-hybridized carbons (Fsp3) is 0.0667. The first kappa shape index (κ1) is 26.2. The summed E-state index contributed by atoms with van der Waals surface area (Å²) in [6.07, 6.45) is 0. The number of fused-ring (bicyclic) bond motifs is 1. The number of thioether (sulfide) groups is 1. The lowest BCUT2D eigenvalue weighted by Crippen LogP contribution is -2.19. The zero-order valence-electron chi connectivity index (χ0n) is 20.7. The fourth-order valence-electron chi connectivity index (χ4n) is 4.19. The third kappa shape index (κ3) is 5.87. The number of pyridine rings is 1. The molecule has 0 aliphatic heterocycles. The summed E-state index contributed by atoms with van der Waals surface area (Å²) in [5.74, 6) is 0.328. The molecule has 0 bridgehead atoms. The number of rotatable bonds is 8. The number of nitro benzene ring substituents is 1. The van der Waals surface area contributed by atoms with Gasteiger partial charge in [0, 0.05) is 23.2 Å². The quantitative estimate of drug-likeness (QED) is 0.119. The number of carbonyl (C=O) groups is 1. The Morgan fingerprint density at radius 3 is 2.38 bits per heavy atom. The predicted molar refractivity (Wildman–Crippen MR) is 156 cm³/mol. The second kappa shape index (κ2) is 11.6. The summed E-state index contributed by atoms with van der Waals surface area (Å²) >= 11 is 7.25. The van der Waals surface area contributed by atoms with E-state index >= 15 is 0 Å². The summed E-state index contributed by atoms with van der Waals surface area (Å²) in [6.45, 7) is 0. The molecule has 0 fully saturated rings. The Hall–Kier alpha value is -4.40. The van der Waals surface area contributed by atoms with Crippen molar-refractivity contribution in [2.75, 3.05) is 12.4 Å². The second-order valence-corrected chi connectivity index (χ2v) is 10.1. The minimum absolute atomic E-state index is 0.00350. The van der Waals surface area contributed by atoms with Crippen molar-refractivity contribution < 1.29 is 14.5 Å². The van der Waals surface area contributed by atoms with E-state index in [2.05, 4.69) is 5.32 Å². The van der Waals surface area contributed by atoms with Crippen LogP contribution in [0.25, 0.3) is 22.0 Å². The van der Waals surface area contributed by atoms with Crippen LogP contribution < -0.4 is 10.1 Å². The monoisotopic (exact) mass is 555 g/mol. The molecule has 5 aromatic rings. The number of halogens is 1. The van der Waals surface area contributed by atoms with Gasteiger partial charge in [-0.3, -0.25) is 14.9 Å². The van der Waals surface area contributed by atoms with Crippen LogP contribution in [-0.2, 0) is 4.79 Å². The normalized spacial score (nSPS) is 11.6. The van der Waals surface area contributed by atoms with E-state index in [4.69, 9.17) is 21.3 Å². The average molecular weight is 556 g/mol. The van der Waals surface area contributed by atoms with E-state index < -0.39 is 10.2 Å². The van der Waals surface area contributed by atoms with Gasteiger partial charge >= 0.3 is 0 Å². The van der Waals surface area contributed by atoms with Gasteiger partial charge in [-0.25, -0.2) is 4.98 Å². The third-order valence-corrected chi connectivity index (χ3v) is 7.56. The zero-order valence-corrected chi connectivity index (χ0v) is 22.3. The second-order valence-electron chi connectivity index (χ2n) is 8.58. The number of methoxy groups -OCH3 is 1. The maximum atomic E-state index is 13.6. The molecule has 0 aliphatic rings. The van der Waals surface area contributed by atoms with E-state index in [1.165, 1.54) is 30.0 Å². The van der Waals surface area contributed by atoms with Crippen LogP contribution in [0.5, 0.6) is 5.75 Å². The van der Waals surface area contributed by atoms with Gasteiger partial charge in [0.1, 0.15) is 16.0 Å². The first-order chi connectivity index (χ1) is 18.9. The van der Waals surface area contributed by atoms with Gasteiger partial charge in [0.25, 0.3) is 5.69 Å². The Kier molecular flexibility index (Phi) is 7.76. The van der Waals surface area contributed by atoms with Crippen LogP contribution >= 0.6 is 23.4 Å². The molecule has 0 saturated carbocycles. The van der Waals surface area contributed by atoms with Crippen LogP contribution in [0.1, 0.15) is 10.8 Å². The van der Waals surface area contributed by atoms with Crippen LogP contribution in [0.3, 0.4) is 0 Å². The van der Waals surface area contributed by atoms with Gasteiger partial charge in [-0.2, -0.15) is 0 Å². The molecule has 1 atom stereocenters. The van der Waals surface area contributed by atoms with Crippen molar-refractivity contribution in [3.63, 3.8) is 0 Å². The summed E-state index contributed by atoms with van der Waals surface area (Å²) < 4.78 is 5.43. The molecule has 7 nitrogen and oxygen atoms in total. The molecule has 1 N–H and O–H groups in total. The molecular weight excluding hydrogens is 534 g/mol. The van der Waals surface area contributed by atoms with E-state index in [0.717, 1.165) is 27.6 Å². The van der Waals surface area contributed by atoms with Crippen molar-refractivity contribution in [2.24, 2.45) is 0 Å². The van der Waals surface area contributed by atoms with Gasteiger partial charge in [0.15, 0.2) is 0 Å². The number of nitrogens with zero attached hydrogens (tertiary/aromatic N) is 2. The van der Waals surface area contributed by atoms with Gasteiger partial charge in [0.2, 0.25) is 5.91 Å². The number of nitro groups is 1. The number of hydrogen-bond acceptors (Lipinski definition) is 6. The van der Waals surface area contributed by atoms with Crippen molar-refractivity contribution in [1.29, 1.82) is 0 Å². The molecule has 1 amide bonds. The Labute approximate surface area is 234 Å². The highest BCUT2D eigenvalue weighted by atomic mass is 35.5. The highest BCUT2D eigenvalue weighted by Crippen LogP contribution is 2.40. The van der Waals surface area contributed by atoms with Crippen LogP contribution in [0.2, 0.25) is 5.02 Å². The van der Waals surface area contributed by atoms with Crippen LogP contribution in [0, 0.1) is 10.1 Å². The van der Waals surface area contributed by atoms with Crippen LogP contribution in [0.4, 0.5) is 11.4 Å². The SMILES string of the molecule is COc1ccc2c(-c3ccccc3)cc(S[C@H](C(=O)Nc3ccc(Cl)c([N+](=O)[O-])c3)c3ccccc3)nc2c1. The van der Waals surface area contributed by atoms with Crippen molar-refractivity contribution in [3.05, 3.63) is 124 Å². The summed E-state index contributed by atoms with van der Waals surface area (Å²) in [7, 11) is 1.61. The number of aromatic nitrogens is 1. The van der Waals surface area contributed by atoms with Gasteiger partial charge in [-0.15, -0.1) is 0 Å². The van der Waals surface area contributed by atoms with Crippen LogP contribution in [0.15, 0.2) is 108 Å². The molecule has 0 unspecified atom stereocenters. The number of ether oxygens (including phenoxy) is 1. The predicted octanol–water partition coefficient (Wildman–Crippen LogP) is 7.94. The number of anilines is 1. The van der Waals surface area contributed by atoms with Crippen molar-refractivity contribution >= 4 is 51.5 Å². The summed E-state index contributed by atoms with van der Waals surface area (Å²) in [5, 5.41) is 15.1. The van der Waals surface area contributed by atoms with E-state index in [9.17, 15) is 14.9 Å².